The Kier molecular flexibility index (Phi) is 3.92. The highest BCUT2D eigenvalue weighted by molar-refractivity contribution is 5.94. The van der Waals surface area contributed by atoms with Gasteiger partial charge in [0.1, 0.15) is 0 Å². The van der Waals surface area contributed by atoms with Crippen LogP contribution >= 0.6 is 0 Å². The Morgan fingerprint density at radius 2 is 1.55 bits per heavy atom. The molecule has 0 radical (unpaired) electrons. The Bertz CT molecular complexity index is 459. The Morgan fingerprint density at radius 1 is 0.950 bits per heavy atom. The van der Waals surface area contributed by atoms with Crippen molar-refractivity contribution in [1.82, 2.24) is 5.32 Å². The number of carbonyl (C=O) groups is 1. The first-order valence-electron chi connectivity index (χ1n) is 7.64. The molecule has 1 aromatic carbocycles. The third-order valence-electron chi connectivity index (χ3n) is 4.20. The van der Waals surface area contributed by atoms with Gasteiger partial charge in [0.15, 0.2) is 0 Å². The molecular weight excluding hydrogens is 250 g/mol. The van der Waals surface area contributed by atoms with Crippen LogP contribution in [0.5, 0.6) is 0 Å². The lowest BCUT2D eigenvalue weighted by Crippen LogP contribution is -2.32. The second kappa shape index (κ2) is 5.83. The van der Waals surface area contributed by atoms with Crippen molar-refractivity contribution in [3.8, 4) is 0 Å². The summed E-state index contributed by atoms with van der Waals surface area (Å²) in [5.74, 6) is 0.0442. The average molecular weight is 273 g/mol. The SMILES string of the molecule is NC1CCC(Nc2ccc(C(=O)NC3CC3)cc2)CC1. The van der Waals surface area contributed by atoms with Crippen LogP contribution in [0, 0.1) is 0 Å². The molecule has 0 aliphatic heterocycles. The predicted molar refractivity (Wildman–Crippen MR) is 80.8 cm³/mol. The fraction of sp³-hybridized carbons (Fsp3) is 0.562. The third-order valence-corrected chi connectivity index (χ3v) is 4.20. The number of nitrogens with two attached hydrogens (primary N) is 1. The number of rotatable bonds is 4. The highest BCUT2D eigenvalue weighted by atomic mass is 16.1. The fourth-order valence-corrected chi connectivity index (χ4v) is 2.71. The maximum atomic E-state index is 11.9. The molecular formula is C16H23N3O. The van der Waals surface area contributed by atoms with Gasteiger partial charge in [-0.25, -0.2) is 0 Å². The number of benzene rings is 1. The molecule has 4 nitrogen and oxygen atoms in total. The molecule has 0 atom stereocenters. The lowest BCUT2D eigenvalue weighted by molar-refractivity contribution is 0.0951. The molecule has 0 aromatic heterocycles. The van der Waals surface area contributed by atoms with Crippen LogP contribution in [-0.2, 0) is 0 Å². The van der Waals surface area contributed by atoms with Crippen molar-refractivity contribution < 1.29 is 4.79 Å². The molecule has 20 heavy (non-hydrogen) atoms. The van der Waals surface area contributed by atoms with E-state index >= 15 is 0 Å². The van der Waals surface area contributed by atoms with Gasteiger partial charge in [0.25, 0.3) is 5.91 Å². The van der Waals surface area contributed by atoms with Crippen LogP contribution in [-0.4, -0.2) is 24.0 Å². The average Bonchev–Trinajstić information content (AvgIpc) is 3.26. The molecule has 0 saturated heterocycles. The number of hydrogen-bond donors (Lipinski definition) is 3. The minimum Gasteiger partial charge on any atom is -0.382 e. The Morgan fingerprint density at radius 3 is 2.15 bits per heavy atom. The van der Waals surface area contributed by atoms with Gasteiger partial charge in [-0.3, -0.25) is 4.79 Å². The van der Waals surface area contributed by atoms with Crippen molar-refractivity contribution in [1.29, 1.82) is 0 Å². The van der Waals surface area contributed by atoms with E-state index in [1.165, 1.54) is 0 Å². The van der Waals surface area contributed by atoms with Gasteiger partial charge in [0.2, 0.25) is 0 Å². The molecule has 0 bridgehead atoms. The topological polar surface area (TPSA) is 67.1 Å². The molecule has 3 rings (SSSR count). The third kappa shape index (κ3) is 3.51. The summed E-state index contributed by atoms with van der Waals surface area (Å²) in [6, 6.07) is 9.09. The molecule has 2 aliphatic rings. The molecule has 0 spiro atoms. The highest BCUT2D eigenvalue weighted by Crippen LogP contribution is 2.22. The maximum Gasteiger partial charge on any atom is 0.251 e. The molecule has 2 fully saturated rings. The van der Waals surface area contributed by atoms with E-state index in [1.807, 2.05) is 24.3 Å². The van der Waals surface area contributed by atoms with Gasteiger partial charge >= 0.3 is 0 Å². The fourth-order valence-electron chi connectivity index (χ4n) is 2.71. The van der Waals surface area contributed by atoms with Crippen LogP contribution in [0.3, 0.4) is 0 Å². The van der Waals surface area contributed by atoms with Crippen molar-refractivity contribution in [2.45, 2.75) is 56.7 Å². The number of hydrogen-bond acceptors (Lipinski definition) is 3. The van der Waals surface area contributed by atoms with Crippen molar-refractivity contribution >= 4 is 11.6 Å². The normalized spacial score (nSPS) is 26.1. The van der Waals surface area contributed by atoms with Crippen LogP contribution in [0.2, 0.25) is 0 Å². The van der Waals surface area contributed by atoms with E-state index in [9.17, 15) is 4.79 Å². The molecule has 108 valence electrons. The quantitative estimate of drug-likeness (QED) is 0.788. The lowest BCUT2D eigenvalue weighted by atomic mass is 9.91. The van der Waals surface area contributed by atoms with Gasteiger partial charge in [0.05, 0.1) is 0 Å². The number of nitrogens with one attached hydrogen (secondary N) is 2. The second-order valence-electron chi connectivity index (χ2n) is 6.08. The minimum absolute atomic E-state index is 0.0442. The summed E-state index contributed by atoms with van der Waals surface area (Å²) in [6.45, 7) is 0. The minimum atomic E-state index is 0.0442. The predicted octanol–water partition coefficient (Wildman–Crippen LogP) is 2.26. The van der Waals surface area contributed by atoms with Gasteiger partial charge in [-0.1, -0.05) is 0 Å². The van der Waals surface area contributed by atoms with E-state index in [0.717, 1.165) is 49.8 Å². The first-order valence-corrected chi connectivity index (χ1v) is 7.64. The van der Waals surface area contributed by atoms with Gasteiger partial charge in [-0.2, -0.15) is 0 Å². The Labute approximate surface area is 120 Å². The van der Waals surface area contributed by atoms with Crippen LogP contribution in [0.25, 0.3) is 0 Å². The smallest absolute Gasteiger partial charge is 0.251 e. The molecule has 0 heterocycles. The van der Waals surface area contributed by atoms with Crippen LogP contribution in [0.15, 0.2) is 24.3 Å². The summed E-state index contributed by atoms with van der Waals surface area (Å²) in [5.41, 5.74) is 7.75. The zero-order chi connectivity index (χ0) is 13.9. The number of amides is 1. The zero-order valence-electron chi connectivity index (χ0n) is 11.8. The summed E-state index contributed by atoms with van der Waals surface area (Å²) in [6.07, 6.45) is 6.69. The number of carbonyl (C=O) groups excluding carboxylic acids is 1. The number of anilines is 1. The van der Waals surface area contributed by atoms with E-state index in [-0.39, 0.29) is 5.91 Å². The molecule has 4 N–H and O–H groups in total. The standard InChI is InChI=1S/C16H23N3O/c17-12-3-7-14(8-4-12)18-13-5-1-11(2-6-13)16(20)19-15-9-10-15/h1-2,5-6,12,14-15,18H,3-4,7-10,17H2,(H,19,20). The van der Waals surface area contributed by atoms with Crippen molar-refractivity contribution in [2.75, 3.05) is 5.32 Å². The molecule has 2 saturated carbocycles. The highest BCUT2D eigenvalue weighted by Gasteiger charge is 2.23. The molecule has 2 aliphatic carbocycles. The largest absolute Gasteiger partial charge is 0.382 e. The molecule has 1 aromatic rings. The zero-order valence-corrected chi connectivity index (χ0v) is 11.8. The van der Waals surface area contributed by atoms with E-state index < -0.39 is 0 Å². The van der Waals surface area contributed by atoms with E-state index in [4.69, 9.17) is 5.73 Å². The van der Waals surface area contributed by atoms with Gasteiger partial charge in [-0.05, 0) is 62.8 Å². The van der Waals surface area contributed by atoms with E-state index in [1.54, 1.807) is 0 Å². The van der Waals surface area contributed by atoms with Gasteiger partial charge in [-0.15, -0.1) is 0 Å². The van der Waals surface area contributed by atoms with Crippen LogP contribution in [0.1, 0.15) is 48.9 Å². The van der Waals surface area contributed by atoms with Crippen molar-refractivity contribution in [3.63, 3.8) is 0 Å². The van der Waals surface area contributed by atoms with Gasteiger partial charge < -0.3 is 16.4 Å². The summed E-state index contributed by atoms with van der Waals surface area (Å²) in [4.78, 5) is 11.9. The summed E-state index contributed by atoms with van der Waals surface area (Å²) in [5, 5.41) is 6.54. The summed E-state index contributed by atoms with van der Waals surface area (Å²) in [7, 11) is 0. The lowest BCUT2D eigenvalue weighted by Gasteiger charge is -2.27. The van der Waals surface area contributed by atoms with Crippen molar-refractivity contribution in [2.24, 2.45) is 5.73 Å². The van der Waals surface area contributed by atoms with Crippen LogP contribution in [0.4, 0.5) is 5.69 Å². The summed E-state index contributed by atoms with van der Waals surface area (Å²) < 4.78 is 0. The van der Waals surface area contributed by atoms with Gasteiger partial charge in [0, 0.05) is 29.4 Å². The maximum absolute atomic E-state index is 11.9. The first-order chi connectivity index (χ1) is 9.70. The molecule has 4 heteroatoms. The van der Waals surface area contributed by atoms with E-state index in [2.05, 4.69) is 10.6 Å². The Balaban J connectivity index is 1.54. The molecule has 0 unspecified atom stereocenters. The molecule has 1 amide bonds. The Hall–Kier alpha value is -1.55. The van der Waals surface area contributed by atoms with E-state index in [0.29, 0.717) is 18.1 Å². The van der Waals surface area contributed by atoms with Crippen LogP contribution < -0.4 is 16.4 Å². The summed E-state index contributed by atoms with van der Waals surface area (Å²) >= 11 is 0. The second-order valence-corrected chi connectivity index (χ2v) is 6.08. The first kappa shape index (κ1) is 13.4. The van der Waals surface area contributed by atoms with Crippen molar-refractivity contribution in [3.05, 3.63) is 29.8 Å². The monoisotopic (exact) mass is 273 g/mol.